The molecule has 0 atom stereocenters. The van der Waals surface area contributed by atoms with Crippen LogP contribution in [0.4, 0.5) is 52.4 Å². The number of hydrogen-bond acceptors (Lipinski definition) is 29. The predicted molar refractivity (Wildman–Crippen MR) is 428 cm³/mol. The summed E-state index contributed by atoms with van der Waals surface area (Å²) in [5.74, 6) is 15.2. The van der Waals surface area contributed by atoms with E-state index in [2.05, 4.69) is 164 Å². The van der Waals surface area contributed by atoms with Gasteiger partial charge in [-0.2, -0.15) is 0 Å². The normalized spacial score (nSPS) is 11.4. The molecule has 0 aliphatic heterocycles. The number of nitrogens with one attached hydrogen (secondary N) is 4. The number of nitrogens with two attached hydrogens (primary N) is 5. The first-order valence-electron chi connectivity index (χ1n) is 35.3. The van der Waals surface area contributed by atoms with E-state index in [-0.39, 0.29) is 47.2 Å². The Balaban J connectivity index is 0.000000190. The summed E-state index contributed by atoms with van der Waals surface area (Å²) in [5.41, 5.74) is 34.3. The van der Waals surface area contributed by atoms with Gasteiger partial charge >= 0.3 is 125 Å². The number of carbonyl (C=O) groups excluding carboxylic acids is 2. The van der Waals surface area contributed by atoms with Crippen LogP contribution in [0.3, 0.4) is 0 Å². The first-order valence-corrected chi connectivity index (χ1v) is 37.9. The largest absolute Gasteiger partial charge is 0.451 e. The van der Waals surface area contributed by atoms with Crippen molar-refractivity contribution in [3.63, 3.8) is 0 Å². The molecule has 0 radical (unpaired) electrons. The van der Waals surface area contributed by atoms with Crippen LogP contribution in [-0.2, 0) is 9.59 Å². The molecule has 1 aliphatic carbocycles. The average molecular weight is 1550 g/mol. The van der Waals surface area contributed by atoms with Crippen molar-refractivity contribution < 1.29 is 33.3 Å². The number of pyridine rings is 5. The van der Waals surface area contributed by atoms with Crippen molar-refractivity contribution in [2.24, 2.45) is 0 Å². The summed E-state index contributed by atoms with van der Waals surface area (Å²) in [4.78, 5) is 85.4. The number of anilines is 9. The number of rotatable bonds is 23. The number of amides is 2. The number of nitrogens with zero attached hydrogens (tertiary/aromatic N) is 15. The Morgan fingerprint density at radius 1 is 0.404 bits per heavy atom. The molecule has 1 saturated carbocycles. The molecule has 0 saturated heterocycles. The van der Waals surface area contributed by atoms with Crippen LogP contribution in [0.25, 0.3) is 0 Å². The molecule has 31 nitrogen and oxygen atoms in total. The molecule has 11 rings (SSSR count). The van der Waals surface area contributed by atoms with Gasteiger partial charge in [0.15, 0.2) is 46.3 Å². The van der Waals surface area contributed by atoms with Crippen molar-refractivity contribution in [2.75, 3.05) is 49.9 Å². The molecule has 0 aromatic carbocycles. The quantitative estimate of drug-likeness (QED) is 0.0212. The molecular weight excluding hydrogens is 1450 g/mol. The van der Waals surface area contributed by atoms with Gasteiger partial charge in [0.05, 0.1) is 24.8 Å². The fourth-order valence-electron chi connectivity index (χ4n) is 9.69. The van der Waals surface area contributed by atoms with Gasteiger partial charge in [-0.25, -0.2) is 59.8 Å². The van der Waals surface area contributed by atoms with Crippen molar-refractivity contribution in [2.45, 2.75) is 185 Å². The Kier molecular flexibility index (Phi) is 30.5. The van der Waals surface area contributed by atoms with E-state index >= 15 is 0 Å². The van der Waals surface area contributed by atoms with Gasteiger partial charge in [0.2, 0.25) is 11.8 Å². The fraction of sp³-hybridized carbons (Fsp3) is 0.364. The molecule has 14 N–H and O–H groups in total. The van der Waals surface area contributed by atoms with Crippen LogP contribution in [0.15, 0.2) is 105 Å². The fourth-order valence-corrected chi connectivity index (χ4v) is 10.5. The predicted octanol–water partition coefficient (Wildman–Crippen LogP) is 14.2. The van der Waals surface area contributed by atoms with Gasteiger partial charge in [-0.05, 0) is 84.1 Å². The number of hydrogen-bond donors (Lipinski definition) is 9. The minimum absolute atomic E-state index is 0.175. The number of nitrogen functional groups attached to an aromatic ring is 5. The van der Waals surface area contributed by atoms with Gasteiger partial charge in [-0.1, -0.05) is 62.0 Å². The van der Waals surface area contributed by atoms with Crippen molar-refractivity contribution >= 4 is 83.7 Å². The van der Waals surface area contributed by atoms with Crippen molar-refractivity contribution in [1.82, 2.24) is 74.8 Å². The Hall–Kier alpha value is -12.1. The maximum absolute atomic E-state index is 11.4. The number of carbonyl (C=O) groups is 2. The summed E-state index contributed by atoms with van der Waals surface area (Å²) < 4.78 is 30.6. The van der Waals surface area contributed by atoms with Crippen molar-refractivity contribution in [1.29, 1.82) is 0 Å². The molecule has 2 amide bonds. The van der Waals surface area contributed by atoms with Crippen molar-refractivity contribution in [3.8, 4) is 57.5 Å². The third-order valence-electron chi connectivity index (χ3n) is 15.5. The molecular formula is C77H100N24O7Se. The van der Waals surface area contributed by atoms with Gasteiger partial charge < -0.3 is 63.1 Å². The second kappa shape index (κ2) is 39.5. The molecule has 0 bridgehead atoms. The molecule has 0 unspecified atom stereocenters. The van der Waals surface area contributed by atoms with E-state index in [1.807, 2.05) is 64.5 Å². The number of aryl methyl sites for hydroxylation is 5. The average Bonchev–Trinajstić information content (AvgIpc) is 1.11. The van der Waals surface area contributed by atoms with Gasteiger partial charge in [0.1, 0.15) is 69.6 Å². The SMILES string of the molecule is C=CC(=O)Nc1cc(Oc2cnc(C)nc2N)c(C(C)C)cn1.CC(=O)Nc1cc(Oc2cnc(C)nc2N)c(C(C)C)cn1.C[Se]c1cc(Oc2cnc(C)nc2N)c(C(C)C)cn1.Cc1ncc(Oc2cc(NC(C)C)ncc2C(C)C)c(N)n1.Cc1ncc(Oc2cc(NC3CC3)ncc2C(C)C)c(N)n1. The molecule has 10 heterocycles. The zero-order valence-electron chi connectivity index (χ0n) is 65.3. The summed E-state index contributed by atoms with van der Waals surface area (Å²) >= 11 is 0.322. The van der Waals surface area contributed by atoms with Crippen LogP contribution in [0.2, 0.25) is 5.82 Å². The first kappa shape index (κ1) is 84.2. The van der Waals surface area contributed by atoms with E-state index in [1.54, 1.807) is 77.7 Å². The van der Waals surface area contributed by atoms with E-state index < -0.39 is 0 Å². The minimum atomic E-state index is -0.348. The van der Waals surface area contributed by atoms with Gasteiger partial charge in [-0.15, -0.1) is 0 Å². The van der Waals surface area contributed by atoms with Crippen LogP contribution in [-0.4, -0.2) is 114 Å². The maximum Gasteiger partial charge on any atom is 0.187 e. The summed E-state index contributed by atoms with van der Waals surface area (Å²) in [7, 11) is 0. The Bertz CT molecular complexity index is 4660. The molecule has 10 aromatic rings. The molecule has 576 valence electrons. The monoisotopic (exact) mass is 1550 g/mol. The van der Waals surface area contributed by atoms with E-state index in [9.17, 15) is 9.59 Å². The molecule has 10 aromatic heterocycles. The Morgan fingerprint density at radius 2 is 0.679 bits per heavy atom. The smallest absolute Gasteiger partial charge is 0.187 e. The van der Waals surface area contributed by atoms with Gasteiger partial charge in [0.25, 0.3) is 0 Å². The standard InChI is InChI=1S/C16H19N5O2.C16H21N5O.C16H23N5O.C15H19N5O2.C14H18N4OSe/c1-5-15(22)21-14-6-12(11(7-19-14)9(2)3)23-13-8-18-10(4)20-16(13)17;1-9(2)12-7-19-15(21-11-4-5-11)6-13(12)22-14-8-18-10(3)20-16(14)17;1-9(2)12-7-19-15(20-10(3)4)6-13(12)22-14-8-18-11(5)21-16(14)17;1-8(2)11-6-18-14(20-10(4)21)5-12(11)22-13-7-17-9(3)19-15(13)16;1-8(2)10-6-17-13(20-4)5-11(10)19-12-7-16-9(3)18-14(12)15/h5-9H,1H2,2-4H3,(H2,17,18,20)(H,19,21,22);6-9,11H,4-5H2,1-3H3,(H,19,21)(H2,17,18,20);6-10H,1-5H3,(H,19,20)(H2,17,18,21);5-8H,1-4H3,(H2,16,17,19)(H,18,20,21);5-8H,1-4H3,(H2,15,16,18). The maximum atomic E-state index is 11.4. The minimum Gasteiger partial charge on any atom is -0.451 e. The topological polar surface area (TPSA) is 452 Å². The molecule has 1 aliphatic rings. The van der Waals surface area contributed by atoms with E-state index in [1.165, 1.54) is 38.2 Å². The summed E-state index contributed by atoms with van der Waals surface area (Å²) in [6.45, 7) is 38.5. The zero-order chi connectivity index (χ0) is 79.9. The number of ether oxygens (including phenoxy) is 5. The van der Waals surface area contributed by atoms with Crippen LogP contribution in [0.1, 0.15) is 189 Å². The summed E-state index contributed by atoms with van der Waals surface area (Å²) in [6.07, 6.45) is 20.3. The van der Waals surface area contributed by atoms with Gasteiger partial charge in [0, 0.05) is 90.3 Å². The van der Waals surface area contributed by atoms with E-state index in [0.29, 0.717) is 137 Å². The second-order valence-corrected chi connectivity index (χ2v) is 28.6. The summed E-state index contributed by atoms with van der Waals surface area (Å²) in [6, 6.07) is 9.92. The first-order chi connectivity index (χ1) is 51.7. The molecule has 32 heteroatoms. The van der Waals surface area contributed by atoms with Gasteiger partial charge in [-0.3, -0.25) is 9.59 Å². The van der Waals surface area contributed by atoms with E-state index in [0.717, 1.165) is 55.5 Å². The third kappa shape index (κ3) is 25.9. The van der Waals surface area contributed by atoms with Crippen LogP contribution in [0, 0.1) is 34.6 Å². The summed E-state index contributed by atoms with van der Waals surface area (Å²) in [5, 5.41) is 11.9. The number of aromatic nitrogens is 15. The molecule has 109 heavy (non-hydrogen) atoms. The molecule has 1 fully saturated rings. The van der Waals surface area contributed by atoms with Crippen LogP contribution < -0.4 is 78.2 Å². The zero-order valence-corrected chi connectivity index (χ0v) is 67.0. The van der Waals surface area contributed by atoms with Crippen LogP contribution >= 0.6 is 0 Å². The Morgan fingerprint density at radius 3 is 0.954 bits per heavy atom. The Labute approximate surface area is 642 Å². The van der Waals surface area contributed by atoms with E-state index in [4.69, 9.17) is 52.4 Å². The second-order valence-electron chi connectivity index (χ2n) is 26.9. The van der Waals surface area contributed by atoms with Crippen molar-refractivity contribution in [3.05, 3.63) is 162 Å². The van der Waals surface area contributed by atoms with Crippen LogP contribution in [0.5, 0.6) is 57.5 Å². The molecule has 0 spiro atoms. The third-order valence-corrected chi connectivity index (χ3v) is 16.8.